The Bertz CT molecular complexity index is 145. The van der Waals surface area contributed by atoms with Crippen LogP contribution in [0.3, 0.4) is 0 Å². The molecule has 0 spiro atoms. The fourth-order valence-corrected chi connectivity index (χ4v) is 0.725. The van der Waals surface area contributed by atoms with Gasteiger partial charge in [-0.3, -0.25) is 9.59 Å². The van der Waals surface area contributed by atoms with Crippen LogP contribution < -0.4 is 5.73 Å². The zero-order valence-electron chi connectivity index (χ0n) is 6.31. The number of rotatable bonds is 4. The van der Waals surface area contributed by atoms with Crippen LogP contribution in [0, 0.1) is 5.41 Å². The highest BCUT2D eigenvalue weighted by atomic mass is 16.2. The molecule has 0 aromatic heterocycles. The molecule has 3 heteroatoms. The molecule has 1 unspecified atom stereocenters. The lowest BCUT2D eigenvalue weighted by molar-refractivity contribution is -0.123. The Morgan fingerprint density at radius 1 is 1.70 bits per heavy atom. The number of primary amides is 1. The molecule has 0 aromatic rings. The lowest BCUT2D eigenvalue weighted by atomic mass is 9.87. The quantitative estimate of drug-likeness (QED) is 0.577. The first-order valence-corrected chi connectivity index (χ1v) is 3.26. The van der Waals surface area contributed by atoms with Gasteiger partial charge in [-0.1, -0.05) is 13.3 Å². The molecule has 57 valence electrons. The second kappa shape index (κ2) is 3.34. The van der Waals surface area contributed by atoms with E-state index < -0.39 is 11.3 Å². The molecular weight excluding hydrogens is 130 g/mol. The molecule has 0 aliphatic carbocycles. The Hall–Kier alpha value is -0.860. The summed E-state index contributed by atoms with van der Waals surface area (Å²) >= 11 is 0. The van der Waals surface area contributed by atoms with Crippen LogP contribution in [-0.4, -0.2) is 12.2 Å². The van der Waals surface area contributed by atoms with Crippen molar-refractivity contribution in [1.29, 1.82) is 0 Å². The minimum Gasteiger partial charge on any atom is -0.369 e. The molecule has 0 aliphatic rings. The Balaban J connectivity index is 4.22. The highest BCUT2D eigenvalue weighted by Crippen LogP contribution is 2.18. The van der Waals surface area contributed by atoms with E-state index in [2.05, 4.69) is 0 Å². The van der Waals surface area contributed by atoms with Gasteiger partial charge in [-0.2, -0.15) is 0 Å². The smallest absolute Gasteiger partial charge is 0.231 e. The highest BCUT2D eigenvalue weighted by Gasteiger charge is 2.30. The summed E-state index contributed by atoms with van der Waals surface area (Å²) in [5.74, 6) is -0.593. The van der Waals surface area contributed by atoms with Gasteiger partial charge in [0, 0.05) is 0 Å². The average Bonchev–Trinajstić information content (AvgIpc) is 1.88. The number of hydrogen-bond donors (Lipinski definition) is 1. The predicted molar refractivity (Wildman–Crippen MR) is 37.9 cm³/mol. The molecule has 0 heterocycles. The van der Waals surface area contributed by atoms with Crippen molar-refractivity contribution >= 4 is 12.2 Å². The van der Waals surface area contributed by atoms with Crippen LogP contribution in [-0.2, 0) is 9.59 Å². The first-order chi connectivity index (χ1) is 4.56. The van der Waals surface area contributed by atoms with Gasteiger partial charge in [0.2, 0.25) is 12.2 Å². The average molecular weight is 142 g/mol. The van der Waals surface area contributed by atoms with Gasteiger partial charge in [0.05, 0.1) is 0 Å². The van der Waals surface area contributed by atoms with Crippen LogP contribution in [0.2, 0.25) is 0 Å². The number of nitrogens with two attached hydrogens (primary N) is 1. The summed E-state index contributed by atoms with van der Waals surface area (Å²) in [7, 11) is 0. The van der Waals surface area contributed by atoms with E-state index in [1.165, 1.54) is 6.92 Å². The van der Waals surface area contributed by atoms with Crippen LogP contribution in [0.4, 0.5) is 0 Å². The van der Waals surface area contributed by atoms with Crippen molar-refractivity contribution in [2.45, 2.75) is 26.7 Å². The zero-order chi connectivity index (χ0) is 8.20. The molecule has 1 atom stereocenters. The maximum absolute atomic E-state index is 10.6. The van der Waals surface area contributed by atoms with E-state index in [1.54, 1.807) is 6.29 Å². The molecule has 0 saturated heterocycles. The maximum atomic E-state index is 10.6. The molecule has 0 rings (SSSR count). The Morgan fingerprint density at radius 2 is 2.20 bits per heavy atom. The summed E-state index contributed by atoms with van der Waals surface area (Å²) in [5.41, 5.74) is 3.89. The van der Waals surface area contributed by atoms with Crippen molar-refractivity contribution in [3.8, 4) is 0 Å². The third kappa shape index (κ3) is 1.83. The van der Waals surface area contributed by atoms with Crippen molar-refractivity contribution in [2.24, 2.45) is 11.1 Å². The first kappa shape index (κ1) is 9.14. The molecule has 0 fully saturated rings. The van der Waals surface area contributed by atoms with E-state index in [0.717, 1.165) is 6.42 Å². The summed E-state index contributed by atoms with van der Waals surface area (Å²) in [4.78, 5) is 20.8. The summed E-state index contributed by atoms with van der Waals surface area (Å²) in [6.45, 7) is 3.39. The van der Waals surface area contributed by atoms with Gasteiger partial charge in [-0.25, -0.2) is 0 Å². The van der Waals surface area contributed by atoms with Crippen molar-refractivity contribution in [3.63, 3.8) is 0 Å². The van der Waals surface area contributed by atoms with Crippen molar-refractivity contribution < 1.29 is 9.59 Å². The van der Waals surface area contributed by atoms with E-state index in [-0.39, 0.29) is 0 Å². The third-order valence-electron chi connectivity index (χ3n) is 1.52. The van der Waals surface area contributed by atoms with Crippen LogP contribution >= 0.6 is 0 Å². The minimum atomic E-state index is -1.07. The standard InChI is InChI=1S/C7H12NO2/c1-3-4-7(2,5-9)6(8)10/h3-4H2,1-2H3,(H2,8,10). The summed E-state index contributed by atoms with van der Waals surface area (Å²) in [6.07, 6.45) is 2.89. The van der Waals surface area contributed by atoms with E-state index in [9.17, 15) is 9.59 Å². The largest absolute Gasteiger partial charge is 0.369 e. The molecule has 0 aliphatic heterocycles. The highest BCUT2D eigenvalue weighted by molar-refractivity contribution is 5.95. The first-order valence-electron chi connectivity index (χ1n) is 3.26. The minimum absolute atomic E-state index is 0.478. The third-order valence-corrected chi connectivity index (χ3v) is 1.52. The number of carbonyl (C=O) groups is 1. The molecule has 0 aromatic carbocycles. The van der Waals surface area contributed by atoms with Crippen molar-refractivity contribution in [1.82, 2.24) is 0 Å². The van der Waals surface area contributed by atoms with Crippen molar-refractivity contribution in [3.05, 3.63) is 0 Å². The SMILES string of the molecule is CCCC(C)([C]=O)C(N)=O. The lowest BCUT2D eigenvalue weighted by Gasteiger charge is -2.15. The molecule has 1 amide bonds. The molecule has 1 radical (unpaired) electrons. The van der Waals surface area contributed by atoms with Crippen LogP contribution in [0.25, 0.3) is 0 Å². The summed E-state index contributed by atoms with van der Waals surface area (Å²) < 4.78 is 0. The van der Waals surface area contributed by atoms with Gasteiger partial charge < -0.3 is 5.73 Å². The summed E-state index contributed by atoms with van der Waals surface area (Å²) in [6, 6.07) is 0. The lowest BCUT2D eigenvalue weighted by Crippen LogP contribution is -2.35. The van der Waals surface area contributed by atoms with Gasteiger partial charge >= 0.3 is 0 Å². The molecule has 0 saturated carbocycles. The van der Waals surface area contributed by atoms with E-state index in [4.69, 9.17) is 5.73 Å². The Morgan fingerprint density at radius 3 is 2.30 bits per heavy atom. The monoisotopic (exact) mass is 142 g/mol. The normalized spacial score (nSPS) is 15.8. The number of carbonyl (C=O) groups excluding carboxylic acids is 2. The zero-order valence-corrected chi connectivity index (χ0v) is 6.31. The molecule has 0 bridgehead atoms. The van der Waals surface area contributed by atoms with Gasteiger partial charge in [0.1, 0.15) is 5.41 Å². The molecule has 10 heavy (non-hydrogen) atoms. The fourth-order valence-electron chi connectivity index (χ4n) is 0.725. The second-order valence-corrected chi connectivity index (χ2v) is 2.55. The van der Waals surface area contributed by atoms with Gasteiger partial charge in [0.25, 0.3) is 0 Å². The topological polar surface area (TPSA) is 60.2 Å². The Kier molecular flexibility index (Phi) is 3.06. The molecular formula is C7H12NO2. The van der Waals surface area contributed by atoms with E-state index >= 15 is 0 Å². The number of hydrogen-bond acceptors (Lipinski definition) is 2. The Labute approximate surface area is 60.6 Å². The molecule has 3 nitrogen and oxygen atoms in total. The number of amides is 1. The van der Waals surface area contributed by atoms with E-state index in [1.807, 2.05) is 6.92 Å². The van der Waals surface area contributed by atoms with Crippen LogP contribution in [0.15, 0.2) is 0 Å². The van der Waals surface area contributed by atoms with Gasteiger partial charge in [-0.15, -0.1) is 0 Å². The van der Waals surface area contributed by atoms with Gasteiger partial charge in [-0.05, 0) is 13.3 Å². The second-order valence-electron chi connectivity index (χ2n) is 2.55. The predicted octanol–water partition coefficient (Wildman–Crippen LogP) is 0.388. The van der Waals surface area contributed by atoms with Gasteiger partial charge in [0.15, 0.2) is 0 Å². The maximum Gasteiger partial charge on any atom is 0.231 e. The molecule has 2 N–H and O–H groups in total. The van der Waals surface area contributed by atoms with Crippen LogP contribution in [0.1, 0.15) is 26.7 Å². The van der Waals surface area contributed by atoms with Crippen molar-refractivity contribution in [2.75, 3.05) is 0 Å². The summed E-state index contributed by atoms with van der Waals surface area (Å²) in [5, 5.41) is 0. The van der Waals surface area contributed by atoms with E-state index in [0.29, 0.717) is 6.42 Å². The fraction of sp³-hybridized carbons (Fsp3) is 0.714. The van der Waals surface area contributed by atoms with Crippen LogP contribution in [0.5, 0.6) is 0 Å².